The maximum atomic E-state index is 12.6. The first kappa shape index (κ1) is 42.9. The molecule has 0 unspecified atom stereocenters. The molecule has 13 nitrogen and oxygen atoms in total. The Morgan fingerprint density at radius 1 is 0.786 bits per heavy atom. The van der Waals surface area contributed by atoms with E-state index in [4.69, 9.17) is 28.4 Å². The maximum absolute atomic E-state index is 12.6. The molecule has 2 heterocycles. The van der Waals surface area contributed by atoms with Crippen molar-refractivity contribution < 1.29 is 42.8 Å². The number of hydrogen-bond acceptors (Lipinski definition) is 11. The van der Waals surface area contributed by atoms with E-state index in [-0.39, 0.29) is 36.9 Å². The minimum atomic E-state index is -0.528. The summed E-state index contributed by atoms with van der Waals surface area (Å²) in [5, 5.41) is 9.04. The van der Waals surface area contributed by atoms with E-state index in [1.54, 1.807) is 4.90 Å². The first-order chi connectivity index (χ1) is 27.0. The van der Waals surface area contributed by atoms with Crippen LogP contribution in [-0.2, 0) is 44.4 Å². The van der Waals surface area contributed by atoms with Crippen molar-refractivity contribution in [1.82, 2.24) is 15.5 Å². The molecule has 306 valence electrons. The predicted octanol–water partition coefficient (Wildman–Crippen LogP) is 5.05. The van der Waals surface area contributed by atoms with Crippen molar-refractivity contribution in [2.75, 3.05) is 90.5 Å². The summed E-state index contributed by atoms with van der Waals surface area (Å²) in [5.41, 5.74) is 2.86. The number of benzene rings is 3. The summed E-state index contributed by atoms with van der Waals surface area (Å²) in [4.78, 5) is 40.8. The molecule has 0 aromatic heterocycles. The molecular weight excluding hydrogens is 716 g/mol. The Kier molecular flexibility index (Phi) is 16.7. The van der Waals surface area contributed by atoms with Crippen LogP contribution in [0.15, 0.2) is 66.7 Å². The number of likely N-dealkylation sites (tertiary alicyclic amines) is 1. The second kappa shape index (κ2) is 21.9. The number of esters is 1. The number of nitrogens with one attached hydrogen (secondary N) is 2. The number of fused-ring (bicyclic) bond motifs is 1. The average molecular weight is 777 g/mol. The van der Waals surface area contributed by atoms with E-state index < -0.39 is 11.7 Å². The Morgan fingerprint density at radius 2 is 1.43 bits per heavy atom. The first-order valence-corrected chi connectivity index (χ1v) is 19.9. The van der Waals surface area contributed by atoms with Gasteiger partial charge in [-0.05, 0) is 68.1 Å². The van der Waals surface area contributed by atoms with Gasteiger partial charge in [-0.1, -0.05) is 54.6 Å². The summed E-state index contributed by atoms with van der Waals surface area (Å²) in [6.07, 6.45) is 0.792. The highest BCUT2D eigenvalue weighted by Gasteiger charge is 2.33. The summed E-state index contributed by atoms with van der Waals surface area (Å²) >= 11 is 0. The number of hydrogen-bond donors (Lipinski definition) is 2. The van der Waals surface area contributed by atoms with Gasteiger partial charge in [0.05, 0.1) is 78.8 Å². The van der Waals surface area contributed by atoms with Crippen LogP contribution in [0.25, 0.3) is 10.8 Å². The molecule has 0 radical (unpaired) electrons. The van der Waals surface area contributed by atoms with Gasteiger partial charge in [0.1, 0.15) is 11.7 Å². The molecule has 3 aromatic rings. The van der Waals surface area contributed by atoms with E-state index >= 15 is 0 Å². The number of carbonyl (C=O) groups is 3. The molecule has 2 amide bonds. The Hall–Kier alpha value is -4.27. The van der Waals surface area contributed by atoms with Crippen molar-refractivity contribution >= 4 is 34.4 Å². The second-order valence-electron chi connectivity index (χ2n) is 15.3. The van der Waals surface area contributed by atoms with Crippen molar-refractivity contribution in [3.05, 3.63) is 77.9 Å². The highest BCUT2D eigenvalue weighted by molar-refractivity contribution is 5.86. The van der Waals surface area contributed by atoms with Crippen LogP contribution < -0.4 is 15.5 Å². The van der Waals surface area contributed by atoms with Crippen LogP contribution in [0.3, 0.4) is 0 Å². The molecule has 3 aromatic carbocycles. The Labute approximate surface area is 331 Å². The monoisotopic (exact) mass is 776 g/mol. The van der Waals surface area contributed by atoms with E-state index in [1.807, 2.05) is 32.9 Å². The Bertz CT molecular complexity index is 1670. The second-order valence-corrected chi connectivity index (χ2v) is 15.3. The fourth-order valence-electron chi connectivity index (χ4n) is 6.76. The van der Waals surface area contributed by atoms with Gasteiger partial charge < -0.3 is 48.9 Å². The van der Waals surface area contributed by atoms with Crippen molar-refractivity contribution in [1.29, 1.82) is 0 Å². The Morgan fingerprint density at radius 3 is 2.12 bits per heavy atom. The molecule has 0 spiro atoms. The predicted molar refractivity (Wildman–Crippen MR) is 215 cm³/mol. The van der Waals surface area contributed by atoms with Gasteiger partial charge in [-0.25, -0.2) is 4.79 Å². The highest BCUT2D eigenvalue weighted by Crippen LogP contribution is 2.27. The lowest BCUT2D eigenvalue weighted by molar-refractivity contribution is -0.163. The fraction of sp³-hybridized carbons (Fsp3) is 0.558. The standard InChI is InChI=1S/C43H60N4O9/c1-32(38-11-7-9-34-8-5-6-10-39(34)38)45-35-16-19-46(29-35)36-14-12-33(13-15-36)28-41(49)55-37-30-47(31-37)40(48)17-20-51-22-24-53-26-27-54-25-23-52-21-18-44-42(50)56-43(2,3)4/h5-15,32,35,37,45H,16-31H2,1-4H3,(H,44,50)/t32-,35+/m1/s1. The summed E-state index contributed by atoms with van der Waals surface area (Å²) in [7, 11) is 0. The van der Waals surface area contributed by atoms with Gasteiger partial charge in [0.25, 0.3) is 0 Å². The van der Waals surface area contributed by atoms with Crippen molar-refractivity contribution in [3.63, 3.8) is 0 Å². The van der Waals surface area contributed by atoms with Gasteiger partial charge in [0.2, 0.25) is 5.91 Å². The smallest absolute Gasteiger partial charge is 0.407 e. The lowest BCUT2D eigenvalue weighted by atomic mass is 9.99. The molecule has 2 aliphatic heterocycles. The summed E-state index contributed by atoms with van der Waals surface area (Å²) in [6.45, 7) is 13.9. The minimum absolute atomic E-state index is 0.0209. The molecule has 0 bridgehead atoms. The largest absolute Gasteiger partial charge is 0.458 e. The van der Waals surface area contributed by atoms with Gasteiger partial charge in [-0.2, -0.15) is 0 Å². The molecule has 2 fully saturated rings. The first-order valence-electron chi connectivity index (χ1n) is 19.9. The molecule has 2 saturated heterocycles. The van der Waals surface area contributed by atoms with Crippen LogP contribution in [0.4, 0.5) is 10.5 Å². The quantitative estimate of drug-likeness (QED) is 0.105. The van der Waals surface area contributed by atoms with Gasteiger partial charge in [0, 0.05) is 37.4 Å². The SMILES string of the molecule is C[C@@H](N[C@H]1CCN(c2ccc(CC(=O)OC3CN(C(=O)CCOCCOCCOCCOCCNC(=O)OC(C)(C)C)C3)cc2)C1)c1cccc2ccccc12. The number of alkyl carbamates (subject to hydrolysis) is 1. The van der Waals surface area contributed by atoms with Crippen molar-refractivity contribution in [2.24, 2.45) is 0 Å². The summed E-state index contributed by atoms with van der Waals surface area (Å²) in [6, 6.07) is 23.9. The number of amides is 2. The normalized spacial score (nSPS) is 16.5. The van der Waals surface area contributed by atoms with E-state index in [0.717, 1.165) is 30.8 Å². The maximum Gasteiger partial charge on any atom is 0.407 e. The highest BCUT2D eigenvalue weighted by atomic mass is 16.6. The zero-order valence-electron chi connectivity index (χ0n) is 33.5. The third-order valence-corrected chi connectivity index (χ3v) is 9.60. The molecule has 5 rings (SSSR count). The molecule has 2 aliphatic rings. The molecule has 0 aliphatic carbocycles. The van der Waals surface area contributed by atoms with Crippen LogP contribution in [0, 0.1) is 0 Å². The van der Waals surface area contributed by atoms with Gasteiger partial charge in [0.15, 0.2) is 0 Å². The van der Waals surface area contributed by atoms with Crippen LogP contribution in [0.1, 0.15) is 57.7 Å². The van der Waals surface area contributed by atoms with E-state index in [1.165, 1.54) is 16.3 Å². The zero-order valence-corrected chi connectivity index (χ0v) is 33.5. The van der Waals surface area contributed by atoms with Crippen LogP contribution in [0.5, 0.6) is 0 Å². The average Bonchev–Trinajstić information content (AvgIpc) is 3.62. The van der Waals surface area contributed by atoms with E-state index in [0.29, 0.717) is 78.5 Å². The number of carbonyl (C=O) groups excluding carboxylic acids is 3. The fourth-order valence-corrected chi connectivity index (χ4v) is 6.76. The van der Waals surface area contributed by atoms with Crippen molar-refractivity contribution in [2.45, 2.75) is 70.7 Å². The molecule has 2 atom stereocenters. The van der Waals surface area contributed by atoms with Crippen LogP contribution in [-0.4, -0.2) is 126 Å². The minimum Gasteiger partial charge on any atom is -0.458 e. The molecule has 13 heteroatoms. The molecular formula is C43H60N4O9. The summed E-state index contributed by atoms with van der Waals surface area (Å²) in [5.74, 6) is -0.304. The van der Waals surface area contributed by atoms with E-state index in [2.05, 4.69) is 77.1 Å². The molecule has 56 heavy (non-hydrogen) atoms. The van der Waals surface area contributed by atoms with Gasteiger partial charge in [-0.3, -0.25) is 9.59 Å². The van der Waals surface area contributed by atoms with Crippen LogP contribution >= 0.6 is 0 Å². The third kappa shape index (κ3) is 14.3. The van der Waals surface area contributed by atoms with Crippen molar-refractivity contribution in [3.8, 4) is 0 Å². The van der Waals surface area contributed by atoms with E-state index in [9.17, 15) is 14.4 Å². The van der Waals surface area contributed by atoms with Gasteiger partial charge >= 0.3 is 12.1 Å². The Balaban J connectivity index is 0.840. The number of rotatable bonds is 22. The number of anilines is 1. The number of nitrogens with zero attached hydrogens (tertiary/aromatic N) is 2. The molecule has 2 N–H and O–H groups in total. The van der Waals surface area contributed by atoms with Crippen LogP contribution in [0.2, 0.25) is 0 Å². The third-order valence-electron chi connectivity index (χ3n) is 9.60. The summed E-state index contributed by atoms with van der Waals surface area (Å²) < 4.78 is 32.7. The molecule has 0 saturated carbocycles. The zero-order chi connectivity index (χ0) is 39.8. The van der Waals surface area contributed by atoms with Gasteiger partial charge in [-0.15, -0.1) is 0 Å². The topological polar surface area (TPSA) is 137 Å². The lowest BCUT2D eigenvalue weighted by Crippen LogP contribution is -2.55. The lowest BCUT2D eigenvalue weighted by Gasteiger charge is -2.38. The number of ether oxygens (including phenoxy) is 6.